The molecule has 1 heterocycles. The Bertz CT molecular complexity index is 1230. The molecule has 0 radical (unpaired) electrons. The Hall–Kier alpha value is -4.04. The zero-order valence-corrected chi connectivity index (χ0v) is 20.5. The second-order valence-corrected chi connectivity index (χ2v) is 8.75. The standard InChI is InChI=1S/C27H26ClN3O5/c1-35-23-9-5-18(6-10-23)15-29-27(34)19-13-26(33)31(16-19)22-7-11-24(12-8-22)36-17-25(32)30-21-4-2-3-20(28)14-21/h2-12,14,19H,13,15-17H2,1H3,(H,29,34)(H,30,32)/t19-/m1/s1. The van der Waals surface area contributed by atoms with Crippen LogP contribution >= 0.6 is 11.6 Å². The highest BCUT2D eigenvalue weighted by molar-refractivity contribution is 6.30. The number of amides is 3. The van der Waals surface area contributed by atoms with E-state index in [0.29, 0.717) is 35.2 Å². The summed E-state index contributed by atoms with van der Waals surface area (Å²) in [6, 6.07) is 21.1. The summed E-state index contributed by atoms with van der Waals surface area (Å²) >= 11 is 5.92. The summed E-state index contributed by atoms with van der Waals surface area (Å²) in [7, 11) is 1.60. The molecular formula is C27H26ClN3O5. The lowest BCUT2D eigenvalue weighted by atomic mass is 10.1. The topological polar surface area (TPSA) is 97.0 Å². The number of hydrogen-bond acceptors (Lipinski definition) is 5. The number of nitrogens with one attached hydrogen (secondary N) is 2. The monoisotopic (exact) mass is 507 g/mol. The number of nitrogens with zero attached hydrogens (tertiary/aromatic N) is 1. The predicted molar refractivity (Wildman–Crippen MR) is 137 cm³/mol. The largest absolute Gasteiger partial charge is 0.497 e. The average molecular weight is 508 g/mol. The van der Waals surface area contributed by atoms with Gasteiger partial charge in [0.05, 0.1) is 13.0 Å². The van der Waals surface area contributed by atoms with Crippen molar-refractivity contribution in [2.24, 2.45) is 5.92 Å². The van der Waals surface area contributed by atoms with Crippen LogP contribution < -0.4 is 25.0 Å². The predicted octanol–water partition coefficient (Wildman–Crippen LogP) is 4.04. The molecule has 0 aromatic heterocycles. The van der Waals surface area contributed by atoms with Crippen LogP contribution in [0.2, 0.25) is 5.02 Å². The van der Waals surface area contributed by atoms with E-state index in [-0.39, 0.29) is 30.7 Å². The van der Waals surface area contributed by atoms with Gasteiger partial charge in [-0.2, -0.15) is 0 Å². The number of halogens is 1. The Morgan fingerprint density at radius 2 is 1.75 bits per heavy atom. The number of carbonyl (C=O) groups is 3. The molecule has 2 N–H and O–H groups in total. The van der Waals surface area contributed by atoms with Gasteiger partial charge >= 0.3 is 0 Å². The summed E-state index contributed by atoms with van der Waals surface area (Å²) in [4.78, 5) is 38.9. The van der Waals surface area contributed by atoms with Crippen molar-refractivity contribution < 1.29 is 23.9 Å². The quantitative estimate of drug-likeness (QED) is 0.455. The first-order valence-electron chi connectivity index (χ1n) is 11.4. The van der Waals surface area contributed by atoms with Crippen LogP contribution in [0, 0.1) is 5.92 Å². The van der Waals surface area contributed by atoms with Crippen LogP contribution in [-0.4, -0.2) is 38.0 Å². The highest BCUT2D eigenvalue weighted by Gasteiger charge is 2.35. The molecule has 186 valence electrons. The molecule has 8 nitrogen and oxygen atoms in total. The SMILES string of the molecule is COc1ccc(CNC(=O)[C@@H]2CC(=O)N(c3ccc(OCC(=O)Nc4cccc(Cl)c4)cc3)C2)cc1. The molecular weight excluding hydrogens is 482 g/mol. The number of ether oxygens (including phenoxy) is 2. The van der Waals surface area contributed by atoms with Crippen LogP contribution in [0.1, 0.15) is 12.0 Å². The molecule has 0 bridgehead atoms. The van der Waals surface area contributed by atoms with Crippen molar-refractivity contribution in [2.45, 2.75) is 13.0 Å². The molecule has 1 saturated heterocycles. The first-order chi connectivity index (χ1) is 17.4. The van der Waals surface area contributed by atoms with Gasteiger partial charge in [-0.1, -0.05) is 29.8 Å². The van der Waals surface area contributed by atoms with Crippen LogP contribution in [0.4, 0.5) is 11.4 Å². The number of methoxy groups -OCH3 is 1. The molecule has 3 amide bonds. The molecule has 3 aromatic carbocycles. The lowest BCUT2D eigenvalue weighted by Gasteiger charge is -2.17. The smallest absolute Gasteiger partial charge is 0.262 e. The molecule has 3 aromatic rings. The maximum Gasteiger partial charge on any atom is 0.262 e. The average Bonchev–Trinajstić information content (AvgIpc) is 3.28. The van der Waals surface area contributed by atoms with Crippen LogP contribution in [0.3, 0.4) is 0 Å². The molecule has 36 heavy (non-hydrogen) atoms. The van der Waals surface area contributed by atoms with E-state index in [0.717, 1.165) is 11.3 Å². The van der Waals surface area contributed by atoms with Gasteiger partial charge in [0.15, 0.2) is 6.61 Å². The van der Waals surface area contributed by atoms with E-state index in [1.54, 1.807) is 60.5 Å². The van der Waals surface area contributed by atoms with E-state index in [1.807, 2.05) is 24.3 Å². The maximum atomic E-state index is 12.6. The number of rotatable bonds is 9. The van der Waals surface area contributed by atoms with Crippen molar-refractivity contribution >= 4 is 40.7 Å². The number of anilines is 2. The third kappa shape index (κ3) is 6.55. The van der Waals surface area contributed by atoms with Gasteiger partial charge in [-0.15, -0.1) is 0 Å². The maximum absolute atomic E-state index is 12.6. The van der Waals surface area contributed by atoms with Crippen molar-refractivity contribution in [1.29, 1.82) is 0 Å². The van der Waals surface area contributed by atoms with Crippen LogP contribution in [-0.2, 0) is 20.9 Å². The summed E-state index contributed by atoms with van der Waals surface area (Å²) in [6.07, 6.45) is 0.149. The second kappa shape index (κ2) is 11.6. The molecule has 0 unspecified atom stereocenters. The number of carbonyl (C=O) groups excluding carboxylic acids is 3. The van der Waals surface area contributed by atoms with Gasteiger partial charge in [-0.05, 0) is 60.2 Å². The van der Waals surface area contributed by atoms with Crippen molar-refractivity contribution in [1.82, 2.24) is 5.32 Å². The van der Waals surface area contributed by atoms with Gasteiger partial charge in [0, 0.05) is 35.9 Å². The fourth-order valence-corrected chi connectivity index (χ4v) is 4.03. The van der Waals surface area contributed by atoms with Crippen molar-refractivity contribution in [2.75, 3.05) is 30.5 Å². The Balaban J connectivity index is 1.26. The Kier molecular flexibility index (Phi) is 8.07. The summed E-state index contributed by atoms with van der Waals surface area (Å²) < 4.78 is 10.7. The van der Waals surface area contributed by atoms with E-state index in [2.05, 4.69) is 10.6 Å². The number of benzene rings is 3. The van der Waals surface area contributed by atoms with Gasteiger partial charge in [0.1, 0.15) is 11.5 Å². The minimum Gasteiger partial charge on any atom is -0.497 e. The highest BCUT2D eigenvalue weighted by atomic mass is 35.5. The van der Waals surface area contributed by atoms with E-state index < -0.39 is 5.92 Å². The third-order valence-corrected chi connectivity index (χ3v) is 5.98. The zero-order valence-electron chi connectivity index (χ0n) is 19.7. The molecule has 1 aliphatic rings. The van der Waals surface area contributed by atoms with Crippen LogP contribution in [0.5, 0.6) is 11.5 Å². The van der Waals surface area contributed by atoms with Gasteiger partial charge in [0.25, 0.3) is 5.91 Å². The normalized spacial score (nSPS) is 14.9. The fraction of sp³-hybridized carbons (Fsp3) is 0.222. The third-order valence-electron chi connectivity index (χ3n) is 5.75. The van der Waals surface area contributed by atoms with Gasteiger partial charge < -0.3 is 25.0 Å². The number of hydrogen-bond donors (Lipinski definition) is 2. The first-order valence-corrected chi connectivity index (χ1v) is 11.8. The Labute approximate surface area is 214 Å². The molecule has 9 heteroatoms. The van der Waals surface area contributed by atoms with E-state index in [4.69, 9.17) is 21.1 Å². The van der Waals surface area contributed by atoms with Gasteiger partial charge in [-0.25, -0.2) is 0 Å². The summed E-state index contributed by atoms with van der Waals surface area (Å²) in [5.41, 5.74) is 2.20. The van der Waals surface area contributed by atoms with Crippen LogP contribution in [0.25, 0.3) is 0 Å². The van der Waals surface area contributed by atoms with E-state index in [1.165, 1.54) is 0 Å². The van der Waals surface area contributed by atoms with E-state index in [9.17, 15) is 14.4 Å². The second-order valence-electron chi connectivity index (χ2n) is 8.31. The Morgan fingerprint density at radius 3 is 2.44 bits per heavy atom. The molecule has 4 rings (SSSR count). The molecule has 1 atom stereocenters. The fourth-order valence-electron chi connectivity index (χ4n) is 3.84. The molecule has 1 fully saturated rings. The lowest BCUT2D eigenvalue weighted by molar-refractivity contribution is -0.126. The van der Waals surface area contributed by atoms with Gasteiger partial charge in [-0.3, -0.25) is 14.4 Å². The van der Waals surface area contributed by atoms with E-state index >= 15 is 0 Å². The molecule has 1 aliphatic heterocycles. The first kappa shape index (κ1) is 25.1. The Morgan fingerprint density at radius 1 is 1.03 bits per heavy atom. The summed E-state index contributed by atoms with van der Waals surface area (Å²) in [6.45, 7) is 0.505. The summed E-state index contributed by atoms with van der Waals surface area (Å²) in [5, 5.41) is 6.14. The molecule has 0 aliphatic carbocycles. The van der Waals surface area contributed by atoms with Crippen molar-refractivity contribution in [3.8, 4) is 11.5 Å². The summed E-state index contributed by atoms with van der Waals surface area (Å²) in [5.74, 6) is 0.211. The van der Waals surface area contributed by atoms with Gasteiger partial charge in [0.2, 0.25) is 11.8 Å². The minimum absolute atomic E-state index is 0.117. The minimum atomic E-state index is -0.429. The highest BCUT2D eigenvalue weighted by Crippen LogP contribution is 2.27. The molecule has 0 spiro atoms. The molecule has 0 saturated carbocycles. The zero-order chi connectivity index (χ0) is 25.5. The lowest BCUT2D eigenvalue weighted by Crippen LogP contribution is -2.32. The van der Waals surface area contributed by atoms with Crippen LogP contribution in [0.15, 0.2) is 72.8 Å². The van der Waals surface area contributed by atoms with Crippen molar-refractivity contribution in [3.63, 3.8) is 0 Å². The van der Waals surface area contributed by atoms with Crippen molar-refractivity contribution in [3.05, 3.63) is 83.4 Å².